The van der Waals surface area contributed by atoms with Crippen LogP contribution >= 0.6 is 0 Å². The van der Waals surface area contributed by atoms with E-state index in [1.165, 1.54) is 12.8 Å². The fourth-order valence-corrected chi connectivity index (χ4v) is 1.26. The van der Waals surface area contributed by atoms with Gasteiger partial charge in [-0.15, -0.1) is 0 Å². The highest BCUT2D eigenvalue weighted by molar-refractivity contribution is 5.78. The molecule has 1 atom stereocenters. The SMILES string of the molecule is CNCC(C)C(=O)NCC1(C)CC1. The minimum absolute atomic E-state index is 0.0762. The van der Waals surface area contributed by atoms with E-state index < -0.39 is 0 Å². The summed E-state index contributed by atoms with van der Waals surface area (Å²) < 4.78 is 0. The van der Waals surface area contributed by atoms with Crippen molar-refractivity contribution in [3.63, 3.8) is 0 Å². The normalized spacial score (nSPS) is 20.8. The monoisotopic (exact) mass is 184 g/mol. The molecule has 1 rings (SSSR count). The Kier molecular flexibility index (Phi) is 3.31. The Bertz CT molecular complexity index is 187. The number of hydrogen-bond acceptors (Lipinski definition) is 2. The second-order valence-corrected chi connectivity index (χ2v) is 4.49. The Morgan fingerprint density at radius 2 is 2.15 bits per heavy atom. The lowest BCUT2D eigenvalue weighted by molar-refractivity contribution is -0.124. The average Bonchev–Trinajstić information content (AvgIpc) is 2.81. The summed E-state index contributed by atoms with van der Waals surface area (Å²) in [5.41, 5.74) is 0.412. The molecule has 1 saturated carbocycles. The fourth-order valence-electron chi connectivity index (χ4n) is 1.26. The summed E-state index contributed by atoms with van der Waals surface area (Å²) in [6.45, 7) is 5.76. The molecule has 13 heavy (non-hydrogen) atoms. The first-order valence-corrected chi connectivity index (χ1v) is 5.00. The number of rotatable bonds is 5. The van der Waals surface area contributed by atoms with Crippen molar-refractivity contribution < 1.29 is 4.79 Å². The van der Waals surface area contributed by atoms with Crippen molar-refractivity contribution in [3.05, 3.63) is 0 Å². The zero-order valence-electron chi connectivity index (χ0n) is 8.81. The van der Waals surface area contributed by atoms with Crippen LogP contribution in [0.4, 0.5) is 0 Å². The van der Waals surface area contributed by atoms with Crippen LogP contribution in [-0.2, 0) is 4.79 Å². The van der Waals surface area contributed by atoms with Gasteiger partial charge in [-0.3, -0.25) is 4.79 Å². The standard InChI is InChI=1S/C10H20N2O/c1-8(6-11-3)9(13)12-7-10(2)4-5-10/h8,11H,4-7H2,1-3H3,(H,12,13). The van der Waals surface area contributed by atoms with Gasteiger partial charge in [0.15, 0.2) is 0 Å². The molecule has 0 aromatic carbocycles. The lowest BCUT2D eigenvalue weighted by Crippen LogP contribution is -2.36. The van der Waals surface area contributed by atoms with Crippen molar-refractivity contribution in [1.82, 2.24) is 10.6 Å². The van der Waals surface area contributed by atoms with E-state index in [4.69, 9.17) is 0 Å². The molecule has 0 bridgehead atoms. The third-order valence-corrected chi connectivity index (χ3v) is 2.75. The minimum Gasteiger partial charge on any atom is -0.355 e. The van der Waals surface area contributed by atoms with E-state index in [1.54, 1.807) is 0 Å². The van der Waals surface area contributed by atoms with Crippen LogP contribution in [0.25, 0.3) is 0 Å². The van der Waals surface area contributed by atoms with Crippen LogP contribution in [0.5, 0.6) is 0 Å². The molecule has 0 aromatic rings. The maximum Gasteiger partial charge on any atom is 0.224 e. The van der Waals surface area contributed by atoms with Gasteiger partial charge in [0.05, 0.1) is 0 Å². The molecule has 1 aliphatic carbocycles. The van der Waals surface area contributed by atoms with Gasteiger partial charge in [-0.05, 0) is 25.3 Å². The van der Waals surface area contributed by atoms with Gasteiger partial charge in [-0.2, -0.15) is 0 Å². The van der Waals surface area contributed by atoms with Gasteiger partial charge in [0.1, 0.15) is 0 Å². The van der Waals surface area contributed by atoms with Crippen LogP contribution in [0.3, 0.4) is 0 Å². The maximum atomic E-state index is 11.5. The van der Waals surface area contributed by atoms with Crippen molar-refractivity contribution >= 4 is 5.91 Å². The largest absolute Gasteiger partial charge is 0.355 e. The molecule has 0 saturated heterocycles. The molecule has 1 aliphatic rings. The summed E-state index contributed by atoms with van der Waals surface area (Å²) in [6.07, 6.45) is 2.52. The topological polar surface area (TPSA) is 41.1 Å². The highest BCUT2D eigenvalue weighted by Gasteiger charge is 2.37. The number of carbonyl (C=O) groups excluding carboxylic acids is 1. The van der Waals surface area contributed by atoms with Crippen LogP contribution in [0.1, 0.15) is 26.7 Å². The molecule has 1 fully saturated rings. The van der Waals surface area contributed by atoms with Crippen LogP contribution in [0.15, 0.2) is 0 Å². The molecular formula is C10H20N2O. The van der Waals surface area contributed by atoms with Gasteiger partial charge in [0.2, 0.25) is 5.91 Å². The van der Waals surface area contributed by atoms with Crippen LogP contribution in [-0.4, -0.2) is 26.0 Å². The number of nitrogens with one attached hydrogen (secondary N) is 2. The molecule has 3 nitrogen and oxygen atoms in total. The van der Waals surface area contributed by atoms with Crippen molar-refractivity contribution in [2.45, 2.75) is 26.7 Å². The smallest absolute Gasteiger partial charge is 0.224 e. The predicted molar refractivity (Wildman–Crippen MR) is 53.4 cm³/mol. The summed E-state index contributed by atoms with van der Waals surface area (Å²) in [6, 6.07) is 0. The summed E-state index contributed by atoms with van der Waals surface area (Å²) in [4.78, 5) is 11.5. The molecule has 0 spiro atoms. The maximum absolute atomic E-state index is 11.5. The average molecular weight is 184 g/mol. The molecule has 0 heterocycles. The zero-order chi connectivity index (χ0) is 9.90. The van der Waals surface area contributed by atoms with E-state index in [-0.39, 0.29) is 11.8 Å². The Hall–Kier alpha value is -0.570. The number of carbonyl (C=O) groups is 1. The van der Waals surface area contributed by atoms with Gasteiger partial charge in [-0.1, -0.05) is 13.8 Å². The van der Waals surface area contributed by atoms with Crippen LogP contribution < -0.4 is 10.6 Å². The minimum atomic E-state index is 0.0762. The lowest BCUT2D eigenvalue weighted by Gasteiger charge is -2.14. The quantitative estimate of drug-likeness (QED) is 0.662. The molecule has 0 aliphatic heterocycles. The van der Waals surface area contributed by atoms with Crippen LogP contribution in [0, 0.1) is 11.3 Å². The first-order valence-electron chi connectivity index (χ1n) is 5.00. The van der Waals surface area contributed by atoms with E-state index in [2.05, 4.69) is 17.6 Å². The highest BCUT2D eigenvalue weighted by atomic mass is 16.1. The Labute approximate surface area is 80.3 Å². The second-order valence-electron chi connectivity index (χ2n) is 4.49. The second kappa shape index (κ2) is 4.09. The van der Waals surface area contributed by atoms with Crippen LogP contribution in [0.2, 0.25) is 0 Å². The number of amides is 1. The molecular weight excluding hydrogens is 164 g/mol. The van der Waals surface area contributed by atoms with E-state index in [0.717, 1.165) is 13.1 Å². The van der Waals surface area contributed by atoms with Crippen molar-refractivity contribution in [3.8, 4) is 0 Å². The molecule has 3 heteroatoms. The van der Waals surface area contributed by atoms with Gasteiger partial charge >= 0.3 is 0 Å². The zero-order valence-corrected chi connectivity index (χ0v) is 8.81. The third kappa shape index (κ3) is 3.35. The molecule has 1 amide bonds. The lowest BCUT2D eigenvalue weighted by atomic mass is 10.1. The number of hydrogen-bond donors (Lipinski definition) is 2. The first kappa shape index (κ1) is 10.5. The molecule has 2 N–H and O–H groups in total. The van der Waals surface area contributed by atoms with Crippen molar-refractivity contribution in [2.75, 3.05) is 20.1 Å². The summed E-state index contributed by atoms with van der Waals surface area (Å²) in [5.74, 6) is 0.245. The van der Waals surface area contributed by atoms with Crippen molar-refractivity contribution in [1.29, 1.82) is 0 Å². The Morgan fingerprint density at radius 3 is 2.62 bits per heavy atom. The molecule has 1 unspecified atom stereocenters. The summed E-state index contributed by atoms with van der Waals surface area (Å²) in [7, 11) is 1.87. The summed E-state index contributed by atoms with van der Waals surface area (Å²) in [5, 5.41) is 5.99. The predicted octanol–water partition coefficient (Wildman–Crippen LogP) is 0.758. The van der Waals surface area contributed by atoms with Gasteiger partial charge < -0.3 is 10.6 Å². The molecule has 76 valence electrons. The molecule has 0 aromatic heterocycles. The van der Waals surface area contributed by atoms with E-state index >= 15 is 0 Å². The summed E-state index contributed by atoms with van der Waals surface area (Å²) >= 11 is 0. The van der Waals surface area contributed by atoms with Gasteiger partial charge in [0, 0.05) is 19.0 Å². The van der Waals surface area contributed by atoms with E-state index in [0.29, 0.717) is 5.41 Å². The van der Waals surface area contributed by atoms with Gasteiger partial charge in [-0.25, -0.2) is 0 Å². The Morgan fingerprint density at radius 1 is 1.54 bits per heavy atom. The molecule has 0 radical (unpaired) electrons. The van der Waals surface area contributed by atoms with E-state index in [9.17, 15) is 4.79 Å². The third-order valence-electron chi connectivity index (χ3n) is 2.75. The first-order chi connectivity index (χ1) is 6.07. The fraction of sp³-hybridized carbons (Fsp3) is 0.900. The van der Waals surface area contributed by atoms with E-state index in [1.807, 2.05) is 14.0 Å². The van der Waals surface area contributed by atoms with Gasteiger partial charge in [0.25, 0.3) is 0 Å². The Balaban J connectivity index is 2.16. The van der Waals surface area contributed by atoms with Crippen molar-refractivity contribution in [2.24, 2.45) is 11.3 Å². The highest BCUT2D eigenvalue weighted by Crippen LogP contribution is 2.44.